The van der Waals surface area contributed by atoms with Crippen LogP contribution in [0.1, 0.15) is 24.0 Å². The van der Waals surface area contributed by atoms with Gasteiger partial charge in [-0.1, -0.05) is 23.8 Å². The summed E-state index contributed by atoms with van der Waals surface area (Å²) in [5.41, 5.74) is 2.18. The van der Waals surface area contributed by atoms with E-state index in [0.717, 1.165) is 48.7 Å². The van der Waals surface area contributed by atoms with Crippen molar-refractivity contribution in [2.24, 2.45) is 5.92 Å². The number of benzene rings is 2. The summed E-state index contributed by atoms with van der Waals surface area (Å²) in [6.45, 7) is 6.61. The van der Waals surface area contributed by atoms with Crippen molar-refractivity contribution in [1.82, 2.24) is 14.1 Å². The molecule has 3 aliphatic heterocycles. The van der Waals surface area contributed by atoms with Crippen LogP contribution in [0.5, 0.6) is 11.5 Å². The zero-order valence-corrected chi connectivity index (χ0v) is 20.3. The van der Waals surface area contributed by atoms with Crippen LogP contribution in [0.25, 0.3) is 0 Å². The Balaban J connectivity index is 1.16. The number of hydrogen-bond donors (Lipinski definition) is 0. The lowest BCUT2D eigenvalue weighted by Gasteiger charge is -2.38. The molecule has 0 N–H and O–H groups in total. The Morgan fingerprint density at radius 2 is 1.71 bits per heavy atom. The van der Waals surface area contributed by atoms with Gasteiger partial charge in [-0.05, 0) is 49.6 Å². The van der Waals surface area contributed by atoms with Crippen molar-refractivity contribution >= 4 is 15.9 Å². The highest BCUT2D eigenvalue weighted by Crippen LogP contribution is 2.33. The monoisotopic (exact) mass is 485 g/mol. The summed E-state index contributed by atoms with van der Waals surface area (Å²) in [6.07, 6.45) is 1.43. The van der Waals surface area contributed by atoms with E-state index in [9.17, 15) is 13.2 Å². The molecule has 8 nitrogen and oxygen atoms in total. The Bertz CT molecular complexity index is 1140. The van der Waals surface area contributed by atoms with Gasteiger partial charge in [0.2, 0.25) is 22.7 Å². The Morgan fingerprint density at radius 1 is 0.971 bits per heavy atom. The molecule has 0 radical (unpaired) electrons. The van der Waals surface area contributed by atoms with Gasteiger partial charge in [-0.3, -0.25) is 9.69 Å². The standard InChI is InChI=1S/C25H31N3O5S/c1-19-4-7-22(8-5-19)34(30,31)28-10-2-3-21(17-28)25(29)27-13-11-26(12-14-27)16-20-6-9-23-24(15-20)33-18-32-23/h4-9,15,21H,2-3,10-14,16-18H2,1H3. The Hall–Kier alpha value is -2.62. The van der Waals surface area contributed by atoms with E-state index in [0.29, 0.717) is 31.0 Å². The average Bonchev–Trinajstić information content (AvgIpc) is 3.32. The first-order chi connectivity index (χ1) is 16.4. The molecule has 2 saturated heterocycles. The molecular formula is C25H31N3O5S. The number of carbonyl (C=O) groups excluding carboxylic acids is 1. The van der Waals surface area contributed by atoms with E-state index in [1.54, 1.807) is 12.1 Å². The van der Waals surface area contributed by atoms with Gasteiger partial charge < -0.3 is 14.4 Å². The highest BCUT2D eigenvalue weighted by Gasteiger charge is 2.35. The SMILES string of the molecule is Cc1ccc(S(=O)(=O)N2CCCC(C(=O)N3CCN(Cc4ccc5c(c4)OCO5)CC3)C2)cc1. The summed E-state index contributed by atoms with van der Waals surface area (Å²) in [4.78, 5) is 17.8. The number of rotatable bonds is 5. The van der Waals surface area contributed by atoms with Crippen LogP contribution in [0.4, 0.5) is 0 Å². The van der Waals surface area contributed by atoms with Crippen LogP contribution in [0.3, 0.4) is 0 Å². The molecule has 1 atom stereocenters. The molecule has 2 aromatic rings. The largest absolute Gasteiger partial charge is 0.454 e. The molecule has 2 aromatic carbocycles. The van der Waals surface area contributed by atoms with E-state index in [1.807, 2.05) is 36.1 Å². The minimum Gasteiger partial charge on any atom is -0.454 e. The fourth-order valence-corrected chi connectivity index (χ4v) is 6.43. The number of ether oxygens (including phenoxy) is 2. The zero-order chi connectivity index (χ0) is 23.7. The Morgan fingerprint density at radius 3 is 2.47 bits per heavy atom. The van der Waals surface area contributed by atoms with Crippen LogP contribution >= 0.6 is 0 Å². The van der Waals surface area contributed by atoms with E-state index in [1.165, 1.54) is 4.31 Å². The summed E-state index contributed by atoms with van der Waals surface area (Å²) >= 11 is 0. The number of aryl methyl sites for hydroxylation is 1. The number of carbonyl (C=O) groups is 1. The predicted molar refractivity (Wildman–Crippen MR) is 127 cm³/mol. The summed E-state index contributed by atoms with van der Waals surface area (Å²) in [5.74, 6) is 1.36. The number of piperazine rings is 1. The normalized spacial score (nSPS) is 21.6. The number of sulfonamides is 1. The third-order valence-electron chi connectivity index (χ3n) is 6.92. The highest BCUT2D eigenvalue weighted by atomic mass is 32.2. The van der Waals surface area contributed by atoms with Crippen molar-refractivity contribution in [3.63, 3.8) is 0 Å². The molecule has 9 heteroatoms. The molecule has 0 spiro atoms. The molecular weight excluding hydrogens is 454 g/mol. The second kappa shape index (κ2) is 9.56. The number of amides is 1. The van der Waals surface area contributed by atoms with Gasteiger partial charge in [0.05, 0.1) is 10.8 Å². The summed E-state index contributed by atoms with van der Waals surface area (Å²) in [6, 6.07) is 12.9. The molecule has 34 heavy (non-hydrogen) atoms. The summed E-state index contributed by atoms with van der Waals surface area (Å²) in [5, 5.41) is 0. The number of hydrogen-bond acceptors (Lipinski definition) is 6. The maximum atomic E-state index is 13.3. The second-order valence-electron chi connectivity index (χ2n) is 9.30. The van der Waals surface area contributed by atoms with Crippen LogP contribution in [-0.4, -0.2) is 74.5 Å². The first kappa shape index (κ1) is 23.1. The fourth-order valence-electron chi connectivity index (χ4n) is 4.90. The molecule has 2 fully saturated rings. The second-order valence-corrected chi connectivity index (χ2v) is 11.2. The minimum absolute atomic E-state index is 0.0755. The van der Waals surface area contributed by atoms with Gasteiger partial charge in [0.15, 0.2) is 11.5 Å². The maximum Gasteiger partial charge on any atom is 0.243 e. The molecule has 3 aliphatic rings. The van der Waals surface area contributed by atoms with E-state index >= 15 is 0 Å². The van der Waals surface area contributed by atoms with Crippen LogP contribution < -0.4 is 9.47 Å². The summed E-state index contributed by atoms with van der Waals surface area (Å²) in [7, 11) is -3.59. The van der Waals surface area contributed by atoms with Gasteiger partial charge >= 0.3 is 0 Å². The third kappa shape index (κ3) is 4.78. The van der Waals surface area contributed by atoms with Crippen LogP contribution in [0, 0.1) is 12.8 Å². The van der Waals surface area contributed by atoms with Crippen molar-refractivity contribution in [2.75, 3.05) is 46.1 Å². The van der Waals surface area contributed by atoms with E-state index in [4.69, 9.17) is 9.47 Å². The predicted octanol–water partition coefficient (Wildman–Crippen LogP) is 2.47. The highest BCUT2D eigenvalue weighted by molar-refractivity contribution is 7.89. The van der Waals surface area contributed by atoms with E-state index in [-0.39, 0.29) is 25.2 Å². The lowest BCUT2D eigenvalue weighted by atomic mass is 9.97. The molecule has 0 bridgehead atoms. The van der Waals surface area contributed by atoms with E-state index in [2.05, 4.69) is 11.0 Å². The zero-order valence-electron chi connectivity index (χ0n) is 19.5. The van der Waals surface area contributed by atoms with Gasteiger partial charge in [-0.15, -0.1) is 0 Å². The number of nitrogens with zero attached hydrogens (tertiary/aromatic N) is 3. The van der Waals surface area contributed by atoms with Crippen molar-refractivity contribution in [3.8, 4) is 11.5 Å². The van der Waals surface area contributed by atoms with Crippen LogP contribution in [0.2, 0.25) is 0 Å². The van der Waals surface area contributed by atoms with E-state index < -0.39 is 10.0 Å². The average molecular weight is 486 g/mol. The molecule has 0 aliphatic carbocycles. The van der Waals surface area contributed by atoms with Crippen molar-refractivity contribution in [1.29, 1.82) is 0 Å². The van der Waals surface area contributed by atoms with Crippen molar-refractivity contribution in [3.05, 3.63) is 53.6 Å². The lowest BCUT2D eigenvalue weighted by molar-refractivity contribution is -0.138. The van der Waals surface area contributed by atoms with Crippen molar-refractivity contribution < 1.29 is 22.7 Å². The Labute approximate surface area is 201 Å². The maximum absolute atomic E-state index is 13.3. The van der Waals surface area contributed by atoms with Crippen LogP contribution in [0.15, 0.2) is 47.4 Å². The first-order valence-corrected chi connectivity index (χ1v) is 13.3. The molecule has 1 amide bonds. The summed E-state index contributed by atoms with van der Waals surface area (Å²) < 4.78 is 38.5. The van der Waals surface area contributed by atoms with Gasteiger partial charge in [0.25, 0.3) is 0 Å². The molecule has 0 saturated carbocycles. The van der Waals surface area contributed by atoms with Gasteiger partial charge in [-0.2, -0.15) is 4.31 Å². The number of fused-ring (bicyclic) bond motifs is 1. The molecule has 5 rings (SSSR count). The smallest absolute Gasteiger partial charge is 0.243 e. The third-order valence-corrected chi connectivity index (χ3v) is 8.80. The Kier molecular flexibility index (Phi) is 6.50. The molecule has 3 heterocycles. The molecule has 182 valence electrons. The quantitative estimate of drug-likeness (QED) is 0.648. The van der Waals surface area contributed by atoms with Crippen molar-refractivity contribution in [2.45, 2.75) is 31.2 Å². The fraction of sp³-hybridized carbons (Fsp3) is 0.480. The van der Waals surface area contributed by atoms with Gasteiger partial charge in [-0.25, -0.2) is 8.42 Å². The van der Waals surface area contributed by atoms with Gasteiger partial charge in [0.1, 0.15) is 0 Å². The molecule has 1 unspecified atom stereocenters. The van der Waals surface area contributed by atoms with Gasteiger partial charge in [0, 0.05) is 45.8 Å². The minimum atomic E-state index is -3.59. The van der Waals surface area contributed by atoms with Crippen LogP contribution in [-0.2, 0) is 21.4 Å². The topological polar surface area (TPSA) is 79.4 Å². The number of piperidine rings is 1. The molecule has 0 aromatic heterocycles. The lowest BCUT2D eigenvalue weighted by Crippen LogP contribution is -2.52. The first-order valence-electron chi connectivity index (χ1n) is 11.9.